The average Bonchev–Trinajstić information content (AvgIpc) is 3.70. The topological polar surface area (TPSA) is 147 Å². The van der Waals surface area contributed by atoms with Crippen molar-refractivity contribution in [2.24, 2.45) is 11.8 Å². The first-order chi connectivity index (χ1) is 22.3. The first-order valence-corrected chi connectivity index (χ1v) is 15.5. The Morgan fingerprint density at radius 2 is 1.83 bits per heavy atom. The summed E-state index contributed by atoms with van der Waals surface area (Å²) in [5, 5.41) is 10.2. The molecule has 3 amide bonds. The number of alkyl halides is 4. The quantitative estimate of drug-likeness (QED) is 0.337. The Kier molecular flexibility index (Phi) is 8.59. The second kappa shape index (κ2) is 12.4. The number of piperazine rings is 1. The Balaban J connectivity index is 1.34. The fraction of sp³-hybridized carbons (Fsp3) is 0.600. The number of methoxy groups -OCH3 is 1. The van der Waals surface area contributed by atoms with E-state index in [2.05, 4.69) is 25.6 Å². The van der Waals surface area contributed by atoms with E-state index in [0.29, 0.717) is 12.1 Å². The third-order valence-electron chi connectivity index (χ3n) is 9.46. The Morgan fingerprint density at radius 3 is 2.49 bits per heavy atom. The lowest BCUT2D eigenvalue weighted by Crippen LogP contribution is -2.56. The van der Waals surface area contributed by atoms with Crippen LogP contribution in [-0.4, -0.2) is 86.6 Å². The number of aryl methyl sites for hydroxylation is 1. The minimum absolute atomic E-state index is 0.00254. The maximum absolute atomic E-state index is 16.4. The molecule has 2 saturated carbocycles. The SMILES string of the molecule is CCc1nonc1C(=O)N[C@H](c1nc2c(F)c([C@@H]3CN(C(=O)OC)CCN3C(=O)C3CC(F)(F)C3)ccc2[nH]1)C1CCC(F)(F)CC1. The summed E-state index contributed by atoms with van der Waals surface area (Å²) in [6.45, 7) is 1.64. The van der Waals surface area contributed by atoms with Gasteiger partial charge in [0.2, 0.25) is 17.8 Å². The summed E-state index contributed by atoms with van der Waals surface area (Å²) >= 11 is 0. The second-order valence-electron chi connectivity index (χ2n) is 12.5. The van der Waals surface area contributed by atoms with Crippen molar-refractivity contribution < 1.29 is 45.7 Å². The minimum Gasteiger partial charge on any atom is -0.453 e. The van der Waals surface area contributed by atoms with Crippen molar-refractivity contribution in [3.05, 3.63) is 40.7 Å². The summed E-state index contributed by atoms with van der Waals surface area (Å²) in [4.78, 5) is 49.1. The first kappa shape index (κ1) is 32.6. The number of hydrogen-bond donors (Lipinski definition) is 2. The third kappa shape index (κ3) is 6.35. The molecule has 3 aromatic rings. The van der Waals surface area contributed by atoms with Crippen LogP contribution < -0.4 is 5.32 Å². The molecule has 0 radical (unpaired) electrons. The Morgan fingerprint density at radius 1 is 1.11 bits per heavy atom. The molecule has 3 fully saturated rings. The van der Waals surface area contributed by atoms with Crippen LogP contribution in [-0.2, 0) is 16.0 Å². The fourth-order valence-corrected chi connectivity index (χ4v) is 6.79. The molecular weight excluding hydrogens is 633 g/mol. The van der Waals surface area contributed by atoms with Crippen molar-refractivity contribution in [1.29, 1.82) is 0 Å². The lowest BCUT2D eigenvalue weighted by molar-refractivity contribution is -0.164. The van der Waals surface area contributed by atoms with Crippen LogP contribution in [0.2, 0.25) is 0 Å². The number of hydrogen-bond acceptors (Lipinski definition) is 8. The van der Waals surface area contributed by atoms with E-state index in [0.717, 1.165) is 0 Å². The molecule has 47 heavy (non-hydrogen) atoms. The van der Waals surface area contributed by atoms with Crippen molar-refractivity contribution in [2.45, 2.75) is 75.8 Å². The van der Waals surface area contributed by atoms with E-state index >= 15 is 4.39 Å². The van der Waals surface area contributed by atoms with Crippen LogP contribution in [0, 0.1) is 17.7 Å². The molecule has 0 spiro atoms. The lowest BCUT2D eigenvalue weighted by Gasteiger charge is -2.44. The Labute approximate surface area is 265 Å². The number of benzene rings is 1. The van der Waals surface area contributed by atoms with Gasteiger partial charge in [-0.3, -0.25) is 9.59 Å². The average molecular weight is 668 g/mol. The van der Waals surface area contributed by atoms with Gasteiger partial charge in [-0.15, -0.1) is 0 Å². The highest BCUT2D eigenvalue weighted by molar-refractivity contribution is 5.93. The smallest absolute Gasteiger partial charge is 0.409 e. The number of aromatic amines is 1. The minimum atomic E-state index is -2.94. The van der Waals surface area contributed by atoms with E-state index in [-0.39, 0.29) is 60.6 Å². The summed E-state index contributed by atoms with van der Waals surface area (Å²) in [6, 6.07) is 0.978. The predicted molar refractivity (Wildman–Crippen MR) is 153 cm³/mol. The van der Waals surface area contributed by atoms with E-state index in [4.69, 9.17) is 9.37 Å². The third-order valence-corrected chi connectivity index (χ3v) is 9.46. The number of carbonyl (C=O) groups excluding carboxylic acids is 3. The highest BCUT2D eigenvalue weighted by Crippen LogP contribution is 2.45. The zero-order valence-electron chi connectivity index (χ0n) is 25.7. The number of fused-ring (bicyclic) bond motifs is 1. The summed E-state index contributed by atoms with van der Waals surface area (Å²) in [5.74, 6) is -9.12. The molecule has 2 N–H and O–H groups in total. The molecule has 1 aliphatic heterocycles. The van der Waals surface area contributed by atoms with Gasteiger partial charge in [-0.1, -0.05) is 18.1 Å². The number of aromatic nitrogens is 4. The van der Waals surface area contributed by atoms with Gasteiger partial charge in [-0.2, -0.15) is 0 Å². The van der Waals surface area contributed by atoms with Gasteiger partial charge >= 0.3 is 6.09 Å². The maximum Gasteiger partial charge on any atom is 0.409 e. The highest BCUT2D eigenvalue weighted by atomic mass is 19.3. The highest BCUT2D eigenvalue weighted by Gasteiger charge is 2.51. The van der Waals surface area contributed by atoms with Gasteiger partial charge < -0.3 is 24.8 Å². The van der Waals surface area contributed by atoms with Gasteiger partial charge in [0.25, 0.3) is 5.91 Å². The normalized spacial score (nSPS) is 22.1. The summed E-state index contributed by atoms with van der Waals surface area (Å²) in [5.41, 5.74) is 0.325. The number of halogens is 5. The van der Waals surface area contributed by atoms with Crippen molar-refractivity contribution in [2.75, 3.05) is 26.7 Å². The van der Waals surface area contributed by atoms with E-state index in [1.807, 2.05) is 0 Å². The molecule has 6 rings (SSSR count). The van der Waals surface area contributed by atoms with Crippen LogP contribution in [0.25, 0.3) is 11.0 Å². The monoisotopic (exact) mass is 667 g/mol. The van der Waals surface area contributed by atoms with E-state index in [1.54, 1.807) is 6.92 Å². The second-order valence-corrected chi connectivity index (χ2v) is 12.5. The number of nitrogens with zero attached hydrogens (tertiary/aromatic N) is 5. The molecule has 2 aromatic heterocycles. The van der Waals surface area contributed by atoms with Gasteiger partial charge in [-0.05, 0) is 36.4 Å². The number of imidazole rings is 1. The van der Waals surface area contributed by atoms with Crippen molar-refractivity contribution in [1.82, 2.24) is 35.4 Å². The molecule has 1 saturated heterocycles. The molecule has 3 heterocycles. The van der Waals surface area contributed by atoms with Gasteiger partial charge in [-0.25, -0.2) is 36.4 Å². The molecule has 3 aliphatic rings. The molecule has 254 valence electrons. The largest absolute Gasteiger partial charge is 0.453 e. The molecule has 1 aromatic carbocycles. The molecule has 17 heteroatoms. The molecule has 0 unspecified atom stereocenters. The fourth-order valence-electron chi connectivity index (χ4n) is 6.79. The Hall–Kier alpha value is -4.31. The summed E-state index contributed by atoms with van der Waals surface area (Å²) in [7, 11) is 1.19. The predicted octanol–water partition coefficient (Wildman–Crippen LogP) is 4.94. The van der Waals surface area contributed by atoms with Crippen molar-refractivity contribution in [3.8, 4) is 0 Å². The summed E-state index contributed by atoms with van der Waals surface area (Å²) in [6.07, 6.45) is -2.23. The van der Waals surface area contributed by atoms with Crippen LogP contribution in [0.3, 0.4) is 0 Å². The number of amides is 3. The van der Waals surface area contributed by atoms with Crippen molar-refractivity contribution in [3.63, 3.8) is 0 Å². The molecule has 2 atom stereocenters. The number of H-pyrrole nitrogens is 1. The van der Waals surface area contributed by atoms with Crippen LogP contribution in [0.4, 0.5) is 26.7 Å². The van der Waals surface area contributed by atoms with E-state index < -0.39 is 85.2 Å². The zero-order chi connectivity index (χ0) is 33.7. The van der Waals surface area contributed by atoms with Gasteiger partial charge in [0.05, 0.1) is 24.7 Å². The Bertz CT molecular complexity index is 1660. The molecule has 12 nitrogen and oxygen atoms in total. The van der Waals surface area contributed by atoms with Crippen LogP contribution in [0.1, 0.15) is 85.1 Å². The number of rotatable bonds is 7. The van der Waals surface area contributed by atoms with E-state index in [9.17, 15) is 31.9 Å². The summed E-state index contributed by atoms with van der Waals surface area (Å²) < 4.78 is 81.4. The zero-order valence-corrected chi connectivity index (χ0v) is 25.7. The van der Waals surface area contributed by atoms with Gasteiger partial charge in [0.15, 0.2) is 11.5 Å². The van der Waals surface area contributed by atoms with Crippen molar-refractivity contribution >= 4 is 28.9 Å². The standard InChI is InChI=1S/C30H34F5N7O5/c1-3-18-24(40-47-39-18)26(43)38-22(15-6-8-29(32,33)9-7-15)25-36-19-5-4-17(21(31)23(19)37-25)20-14-41(28(45)46-2)10-11-42(20)27(44)16-12-30(34,35)13-16/h4-5,15-16,20,22H,3,6-14H2,1-2H3,(H,36,37)(H,38,43)/t20-,22-/m0/s1. The number of carbonyl (C=O) groups is 3. The van der Waals surface area contributed by atoms with Crippen LogP contribution >= 0.6 is 0 Å². The maximum atomic E-state index is 16.4. The van der Waals surface area contributed by atoms with Gasteiger partial charge in [0.1, 0.15) is 17.0 Å². The van der Waals surface area contributed by atoms with Crippen LogP contribution in [0.15, 0.2) is 16.8 Å². The van der Waals surface area contributed by atoms with E-state index in [1.165, 1.54) is 29.0 Å². The first-order valence-electron chi connectivity index (χ1n) is 15.5. The molecular formula is C30H34F5N7O5. The molecule has 0 bridgehead atoms. The van der Waals surface area contributed by atoms with Gasteiger partial charge in [0, 0.05) is 56.8 Å². The number of nitrogens with one attached hydrogen (secondary N) is 2. The lowest BCUT2D eigenvalue weighted by atomic mass is 9.80. The van der Waals surface area contributed by atoms with Crippen LogP contribution in [0.5, 0.6) is 0 Å². The number of ether oxygens (including phenoxy) is 1. The molecule has 2 aliphatic carbocycles.